The maximum Gasteiger partial charge on any atom is 0.225 e. The molecule has 0 atom stereocenters. The van der Waals surface area contributed by atoms with Gasteiger partial charge in [0.2, 0.25) is 5.91 Å². The zero-order chi connectivity index (χ0) is 16.3. The molecule has 0 saturated carbocycles. The van der Waals surface area contributed by atoms with E-state index in [-0.39, 0.29) is 5.92 Å². The Morgan fingerprint density at radius 1 is 0.870 bits per heavy atom. The van der Waals surface area contributed by atoms with E-state index in [1.165, 1.54) is 10.4 Å². The highest BCUT2D eigenvalue weighted by Crippen LogP contribution is 2.24. The number of carbonyl (C=O) groups is 1. The second-order valence-corrected chi connectivity index (χ2v) is 11.1. The first-order valence-corrected chi connectivity index (χ1v) is 10.9. The van der Waals surface area contributed by atoms with Gasteiger partial charge in [0.1, 0.15) is 8.07 Å². The van der Waals surface area contributed by atoms with Crippen LogP contribution in [-0.4, -0.2) is 32.0 Å². The molecule has 3 heteroatoms. The molecule has 3 rings (SSSR count). The maximum atomic E-state index is 12.3. The van der Waals surface area contributed by atoms with Gasteiger partial charge in [-0.3, -0.25) is 4.79 Å². The zero-order valence-electron chi connectivity index (χ0n) is 14.0. The van der Waals surface area contributed by atoms with Crippen molar-refractivity contribution in [1.82, 2.24) is 4.90 Å². The third-order valence-corrected chi connectivity index (χ3v) is 10.1. The number of hydrogen-bond donors (Lipinski definition) is 0. The predicted octanol–water partition coefficient (Wildman–Crippen LogP) is 2.75. The van der Waals surface area contributed by atoms with Gasteiger partial charge in [0.05, 0.1) is 0 Å². The molecule has 0 aliphatic carbocycles. The van der Waals surface area contributed by atoms with Gasteiger partial charge in [0.15, 0.2) is 0 Å². The number of hydrogen-bond acceptors (Lipinski definition) is 1. The SMILES string of the molecule is CC(C)C(=O)N1CC[Si](c2ccccc2)(c2ccccc2)CC1. The average molecular weight is 324 g/mol. The lowest BCUT2D eigenvalue weighted by molar-refractivity contribution is -0.134. The first-order chi connectivity index (χ1) is 11.1. The molecular weight excluding hydrogens is 298 g/mol. The van der Waals surface area contributed by atoms with Gasteiger partial charge in [-0.2, -0.15) is 0 Å². The van der Waals surface area contributed by atoms with Gasteiger partial charge in [-0.05, 0) is 12.1 Å². The predicted molar refractivity (Wildman–Crippen MR) is 98.9 cm³/mol. The molecule has 1 aliphatic rings. The van der Waals surface area contributed by atoms with E-state index in [0.717, 1.165) is 25.2 Å². The zero-order valence-corrected chi connectivity index (χ0v) is 15.0. The van der Waals surface area contributed by atoms with Gasteiger partial charge in [-0.25, -0.2) is 0 Å². The van der Waals surface area contributed by atoms with Crippen LogP contribution in [0.3, 0.4) is 0 Å². The van der Waals surface area contributed by atoms with Crippen LogP contribution in [0, 0.1) is 5.92 Å². The molecule has 2 aromatic carbocycles. The van der Waals surface area contributed by atoms with Crippen LogP contribution in [0.5, 0.6) is 0 Å². The summed E-state index contributed by atoms with van der Waals surface area (Å²) in [4.78, 5) is 14.4. The smallest absolute Gasteiger partial charge is 0.225 e. The molecule has 1 saturated heterocycles. The van der Waals surface area contributed by atoms with Crippen molar-refractivity contribution < 1.29 is 4.79 Å². The molecule has 2 nitrogen and oxygen atoms in total. The van der Waals surface area contributed by atoms with Crippen molar-refractivity contribution in [2.75, 3.05) is 13.1 Å². The Kier molecular flexibility index (Phi) is 4.67. The fourth-order valence-electron chi connectivity index (χ4n) is 3.73. The van der Waals surface area contributed by atoms with Crippen LogP contribution in [0.15, 0.2) is 60.7 Å². The highest BCUT2D eigenvalue weighted by atomic mass is 28.3. The summed E-state index contributed by atoms with van der Waals surface area (Å²) in [6.45, 7) is 5.78. The third-order valence-electron chi connectivity index (χ3n) is 5.08. The normalized spacial score (nSPS) is 17.3. The molecule has 0 radical (unpaired) electrons. The third kappa shape index (κ3) is 3.11. The van der Waals surface area contributed by atoms with E-state index in [0.29, 0.717) is 5.91 Å². The Bertz CT molecular complexity index is 604. The van der Waals surface area contributed by atoms with Crippen molar-refractivity contribution in [2.45, 2.75) is 25.9 Å². The van der Waals surface area contributed by atoms with Crippen LogP contribution in [0.2, 0.25) is 12.1 Å². The summed E-state index contributed by atoms with van der Waals surface area (Å²) in [6, 6.07) is 24.2. The van der Waals surface area contributed by atoms with E-state index in [4.69, 9.17) is 0 Å². The number of carbonyl (C=O) groups excluding carboxylic acids is 1. The molecule has 2 aromatic rings. The fraction of sp³-hybridized carbons (Fsp3) is 0.350. The lowest BCUT2D eigenvalue weighted by atomic mass is 10.2. The lowest BCUT2D eigenvalue weighted by Crippen LogP contribution is -2.63. The van der Waals surface area contributed by atoms with E-state index in [1.54, 1.807) is 0 Å². The van der Waals surface area contributed by atoms with Crippen LogP contribution in [0.4, 0.5) is 0 Å². The second kappa shape index (κ2) is 6.71. The summed E-state index contributed by atoms with van der Waals surface area (Å²) in [6.07, 6.45) is 0. The Morgan fingerprint density at radius 2 is 1.30 bits per heavy atom. The molecular formula is C20H25NOSi. The summed E-state index contributed by atoms with van der Waals surface area (Å²) in [7, 11) is -1.75. The minimum atomic E-state index is -1.75. The molecule has 0 bridgehead atoms. The van der Waals surface area contributed by atoms with Crippen molar-refractivity contribution in [2.24, 2.45) is 5.92 Å². The quantitative estimate of drug-likeness (QED) is 0.796. The van der Waals surface area contributed by atoms with Gasteiger partial charge in [0, 0.05) is 19.0 Å². The molecule has 0 unspecified atom stereocenters. The number of benzene rings is 2. The van der Waals surface area contributed by atoms with E-state index in [1.807, 2.05) is 13.8 Å². The number of amides is 1. The van der Waals surface area contributed by atoms with Gasteiger partial charge < -0.3 is 4.90 Å². The molecule has 1 aliphatic heterocycles. The topological polar surface area (TPSA) is 20.3 Å². The first-order valence-electron chi connectivity index (χ1n) is 8.53. The molecule has 1 amide bonds. The van der Waals surface area contributed by atoms with Crippen LogP contribution in [0.1, 0.15) is 13.8 Å². The summed E-state index contributed by atoms with van der Waals surface area (Å²) in [5.74, 6) is 0.395. The minimum absolute atomic E-state index is 0.0950. The van der Waals surface area contributed by atoms with Gasteiger partial charge >= 0.3 is 0 Å². The Labute approximate surface area is 140 Å². The van der Waals surface area contributed by atoms with Crippen LogP contribution < -0.4 is 10.4 Å². The van der Waals surface area contributed by atoms with Crippen LogP contribution >= 0.6 is 0 Å². The fourth-order valence-corrected chi connectivity index (χ4v) is 8.43. The Morgan fingerprint density at radius 3 is 1.70 bits per heavy atom. The summed E-state index contributed by atoms with van der Waals surface area (Å²) < 4.78 is 0. The summed E-state index contributed by atoms with van der Waals surface area (Å²) in [5, 5.41) is 3.01. The molecule has 1 heterocycles. The van der Waals surface area contributed by atoms with E-state index >= 15 is 0 Å². The van der Waals surface area contributed by atoms with Gasteiger partial charge in [0.25, 0.3) is 0 Å². The van der Waals surface area contributed by atoms with Crippen molar-refractivity contribution in [3.8, 4) is 0 Å². The molecule has 0 aromatic heterocycles. The molecule has 0 spiro atoms. The van der Waals surface area contributed by atoms with Crippen molar-refractivity contribution in [3.05, 3.63) is 60.7 Å². The summed E-state index contributed by atoms with van der Waals surface area (Å²) >= 11 is 0. The molecule has 0 N–H and O–H groups in total. The standard InChI is InChI=1S/C20H25NOSi/c1-17(2)20(22)21-13-15-23(16-14-21,18-9-5-3-6-10-18)19-11-7-4-8-12-19/h3-12,17H,13-16H2,1-2H3. The van der Waals surface area contributed by atoms with E-state index in [9.17, 15) is 4.79 Å². The van der Waals surface area contributed by atoms with E-state index in [2.05, 4.69) is 65.6 Å². The second-order valence-electron chi connectivity index (χ2n) is 6.79. The maximum absolute atomic E-state index is 12.3. The average Bonchev–Trinajstić information content (AvgIpc) is 2.62. The number of nitrogens with zero attached hydrogens (tertiary/aromatic N) is 1. The van der Waals surface area contributed by atoms with Crippen molar-refractivity contribution in [1.29, 1.82) is 0 Å². The molecule has 120 valence electrons. The van der Waals surface area contributed by atoms with Crippen LogP contribution in [0.25, 0.3) is 0 Å². The molecule has 23 heavy (non-hydrogen) atoms. The first kappa shape index (κ1) is 16.0. The lowest BCUT2D eigenvalue weighted by Gasteiger charge is -2.41. The van der Waals surface area contributed by atoms with Gasteiger partial charge in [-0.15, -0.1) is 0 Å². The highest BCUT2D eigenvalue weighted by Gasteiger charge is 2.41. The monoisotopic (exact) mass is 323 g/mol. The Hall–Kier alpha value is -1.87. The van der Waals surface area contributed by atoms with Gasteiger partial charge in [-0.1, -0.05) is 84.9 Å². The van der Waals surface area contributed by atoms with E-state index < -0.39 is 8.07 Å². The Balaban J connectivity index is 1.93. The number of rotatable bonds is 3. The minimum Gasteiger partial charge on any atom is -0.343 e. The van der Waals surface area contributed by atoms with Crippen LogP contribution in [-0.2, 0) is 4.79 Å². The summed E-state index contributed by atoms with van der Waals surface area (Å²) in [5.41, 5.74) is 0. The largest absolute Gasteiger partial charge is 0.343 e. The highest BCUT2D eigenvalue weighted by molar-refractivity contribution is 7.02. The molecule has 1 fully saturated rings. The van der Waals surface area contributed by atoms with Crippen molar-refractivity contribution >= 4 is 24.4 Å². The van der Waals surface area contributed by atoms with Crippen molar-refractivity contribution in [3.63, 3.8) is 0 Å².